The van der Waals surface area contributed by atoms with E-state index in [1.807, 2.05) is 22.9 Å². The average molecular weight is 328 g/mol. The molecule has 0 N–H and O–H groups in total. The molecule has 24 heavy (non-hydrogen) atoms. The molecule has 0 radical (unpaired) electrons. The third-order valence-electron chi connectivity index (χ3n) is 3.67. The van der Waals surface area contributed by atoms with E-state index in [0.717, 1.165) is 11.3 Å². The molecule has 124 valence electrons. The molecule has 0 aliphatic rings. The molecule has 3 aromatic rings. The number of hydrogen-bond donors (Lipinski definition) is 0. The molecule has 0 amide bonds. The van der Waals surface area contributed by atoms with Crippen molar-refractivity contribution in [1.29, 1.82) is 0 Å². The number of hydrogen-bond acceptors (Lipinski definition) is 4. The van der Waals surface area contributed by atoms with Crippen LogP contribution in [0.5, 0.6) is 17.2 Å². The summed E-state index contributed by atoms with van der Waals surface area (Å²) in [6.45, 7) is 0. The smallest absolute Gasteiger partial charge is 0.203 e. The summed E-state index contributed by atoms with van der Waals surface area (Å²) in [6, 6.07) is 9.85. The highest BCUT2D eigenvalue weighted by Crippen LogP contribution is 2.41. The quantitative estimate of drug-likeness (QED) is 0.716. The summed E-state index contributed by atoms with van der Waals surface area (Å²) in [7, 11) is 4.68. The molecule has 1 aromatic heterocycles. The highest BCUT2D eigenvalue weighted by atomic mass is 19.1. The zero-order chi connectivity index (χ0) is 17.1. The van der Waals surface area contributed by atoms with Crippen LogP contribution in [0, 0.1) is 5.82 Å². The lowest BCUT2D eigenvalue weighted by Gasteiger charge is -2.15. The maximum Gasteiger partial charge on any atom is 0.203 e. The highest BCUT2D eigenvalue weighted by Gasteiger charge is 2.17. The van der Waals surface area contributed by atoms with Gasteiger partial charge in [0.1, 0.15) is 11.6 Å². The summed E-state index contributed by atoms with van der Waals surface area (Å²) >= 11 is 0. The van der Waals surface area contributed by atoms with E-state index in [0.29, 0.717) is 23.1 Å². The molecule has 0 saturated heterocycles. The van der Waals surface area contributed by atoms with Gasteiger partial charge in [0.05, 0.1) is 21.3 Å². The summed E-state index contributed by atoms with van der Waals surface area (Å²) in [5.74, 6) is 2.00. The lowest BCUT2D eigenvalue weighted by Crippen LogP contribution is -1.99. The zero-order valence-electron chi connectivity index (χ0n) is 13.6. The molecule has 0 bridgehead atoms. The van der Waals surface area contributed by atoms with Crippen LogP contribution in [0.4, 0.5) is 4.39 Å². The molecule has 0 fully saturated rings. The van der Waals surface area contributed by atoms with Gasteiger partial charge in [0.25, 0.3) is 0 Å². The van der Waals surface area contributed by atoms with Crippen LogP contribution in [-0.4, -0.2) is 30.9 Å². The van der Waals surface area contributed by atoms with E-state index in [2.05, 4.69) is 4.98 Å². The van der Waals surface area contributed by atoms with Gasteiger partial charge in [-0.05, 0) is 36.4 Å². The van der Waals surface area contributed by atoms with Gasteiger partial charge < -0.3 is 14.2 Å². The van der Waals surface area contributed by atoms with Gasteiger partial charge in [0.15, 0.2) is 11.5 Å². The Hall–Kier alpha value is -3.02. The number of benzene rings is 2. The van der Waals surface area contributed by atoms with Gasteiger partial charge in [-0.3, -0.25) is 4.57 Å². The summed E-state index contributed by atoms with van der Waals surface area (Å²) in [4.78, 5) is 4.41. The Morgan fingerprint density at radius 2 is 1.54 bits per heavy atom. The normalized spacial score (nSPS) is 10.5. The Balaban J connectivity index is 2.14. The zero-order valence-corrected chi connectivity index (χ0v) is 13.6. The number of ether oxygens (including phenoxy) is 3. The van der Waals surface area contributed by atoms with Gasteiger partial charge in [-0.1, -0.05) is 0 Å². The first kappa shape index (κ1) is 15.9. The van der Waals surface area contributed by atoms with Crippen molar-refractivity contribution in [3.63, 3.8) is 0 Å². The topological polar surface area (TPSA) is 45.5 Å². The highest BCUT2D eigenvalue weighted by molar-refractivity contribution is 5.68. The third kappa shape index (κ3) is 2.78. The summed E-state index contributed by atoms with van der Waals surface area (Å²) < 4.78 is 31.1. The molecule has 0 spiro atoms. The van der Waals surface area contributed by atoms with Crippen molar-refractivity contribution < 1.29 is 18.6 Å². The Kier molecular flexibility index (Phi) is 4.37. The van der Waals surface area contributed by atoms with Crippen molar-refractivity contribution in [2.45, 2.75) is 0 Å². The van der Waals surface area contributed by atoms with Gasteiger partial charge >= 0.3 is 0 Å². The maximum atomic E-state index is 13.2. The Labute approximate surface area is 139 Å². The third-order valence-corrected chi connectivity index (χ3v) is 3.67. The SMILES string of the molecule is COc1cc(-c2nccn2-c2ccc(F)cc2)cc(OC)c1OC. The van der Waals surface area contributed by atoms with Crippen LogP contribution in [0.15, 0.2) is 48.8 Å². The van der Waals surface area contributed by atoms with Crippen molar-refractivity contribution in [2.75, 3.05) is 21.3 Å². The fourth-order valence-corrected chi connectivity index (χ4v) is 2.54. The first-order valence-corrected chi connectivity index (χ1v) is 7.27. The van der Waals surface area contributed by atoms with Crippen LogP contribution < -0.4 is 14.2 Å². The average Bonchev–Trinajstić information content (AvgIpc) is 3.10. The van der Waals surface area contributed by atoms with Crippen LogP contribution in [0.25, 0.3) is 17.1 Å². The fraction of sp³-hybridized carbons (Fsp3) is 0.167. The molecule has 1 heterocycles. The second-order valence-electron chi connectivity index (χ2n) is 5.01. The van der Waals surface area contributed by atoms with E-state index >= 15 is 0 Å². The van der Waals surface area contributed by atoms with Crippen LogP contribution in [0.2, 0.25) is 0 Å². The molecular formula is C18H17FN2O3. The van der Waals surface area contributed by atoms with E-state index in [4.69, 9.17) is 14.2 Å². The van der Waals surface area contributed by atoms with E-state index in [1.54, 1.807) is 39.7 Å². The van der Waals surface area contributed by atoms with Crippen molar-refractivity contribution in [3.8, 4) is 34.3 Å². The number of aromatic nitrogens is 2. The summed E-state index contributed by atoms with van der Waals surface area (Å²) in [6.07, 6.45) is 3.49. The monoisotopic (exact) mass is 328 g/mol. The van der Waals surface area contributed by atoms with Crippen molar-refractivity contribution in [1.82, 2.24) is 9.55 Å². The van der Waals surface area contributed by atoms with Crippen molar-refractivity contribution in [3.05, 3.63) is 54.6 Å². The molecular weight excluding hydrogens is 311 g/mol. The van der Waals surface area contributed by atoms with Crippen molar-refractivity contribution >= 4 is 0 Å². The van der Waals surface area contributed by atoms with E-state index in [1.165, 1.54) is 12.1 Å². The van der Waals surface area contributed by atoms with Crippen LogP contribution in [-0.2, 0) is 0 Å². The minimum atomic E-state index is -0.284. The number of nitrogens with zero attached hydrogens (tertiary/aromatic N) is 2. The van der Waals surface area contributed by atoms with Gasteiger partial charge in [-0.2, -0.15) is 0 Å². The summed E-state index contributed by atoms with van der Waals surface area (Å²) in [5, 5.41) is 0. The minimum absolute atomic E-state index is 0.284. The van der Waals surface area contributed by atoms with Gasteiger partial charge in [-0.15, -0.1) is 0 Å². The molecule has 0 aliphatic carbocycles. The predicted molar refractivity (Wildman–Crippen MR) is 88.6 cm³/mol. The number of rotatable bonds is 5. The maximum absolute atomic E-state index is 13.2. The number of methoxy groups -OCH3 is 3. The van der Waals surface area contributed by atoms with Gasteiger partial charge in [0, 0.05) is 23.6 Å². The van der Waals surface area contributed by atoms with Crippen LogP contribution in [0.3, 0.4) is 0 Å². The Morgan fingerprint density at radius 3 is 2.08 bits per heavy atom. The molecule has 0 atom stereocenters. The molecule has 3 rings (SSSR count). The first-order chi connectivity index (χ1) is 11.7. The predicted octanol–water partition coefficient (Wildman–Crippen LogP) is 3.70. The minimum Gasteiger partial charge on any atom is -0.493 e. The molecule has 6 heteroatoms. The number of imidazole rings is 1. The van der Waals surface area contributed by atoms with Crippen LogP contribution in [0.1, 0.15) is 0 Å². The van der Waals surface area contributed by atoms with Gasteiger partial charge in [0.2, 0.25) is 5.75 Å². The van der Waals surface area contributed by atoms with Gasteiger partial charge in [-0.25, -0.2) is 9.37 Å². The Morgan fingerprint density at radius 1 is 0.917 bits per heavy atom. The standard InChI is InChI=1S/C18H17FN2O3/c1-22-15-10-12(11-16(23-2)17(15)24-3)18-20-8-9-21(18)14-6-4-13(19)5-7-14/h4-11H,1-3H3. The molecule has 0 aliphatic heterocycles. The lowest BCUT2D eigenvalue weighted by atomic mass is 10.1. The fourth-order valence-electron chi connectivity index (χ4n) is 2.54. The first-order valence-electron chi connectivity index (χ1n) is 7.27. The Bertz CT molecular complexity index is 819. The molecule has 5 nitrogen and oxygen atoms in total. The molecule has 0 saturated carbocycles. The van der Waals surface area contributed by atoms with E-state index in [-0.39, 0.29) is 5.82 Å². The second-order valence-corrected chi connectivity index (χ2v) is 5.01. The largest absolute Gasteiger partial charge is 0.493 e. The van der Waals surface area contributed by atoms with Crippen LogP contribution >= 0.6 is 0 Å². The second kappa shape index (κ2) is 6.62. The van der Waals surface area contributed by atoms with E-state index in [9.17, 15) is 4.39 Å². The molecule has 2 aromatic carbocycles. The van der Waals surface area contributed by atoms with Crippen molar-refractivity contribution in [2.24, 2.45) is 0 Å². The number of halogens is 1. The lowest BCUT2D eigenvalue weighted by molar-refractivity contribution is 0.324. The van der Waals surface area contributed by atoms with E-state index < -0.39 is 0 Å². The molecule has 0 unspecified atom stereocenters. The summed E-state index contributed by atoms with van der Waals surface area (Å²) in [5.41, 5.74) is 1.59.